The molecule has 0 N–H and O–H groups in total. The second-order valence-electron chi connectivity index (χ2n) is 6.75. The van der Waals surface area contributed by atoms with Gasteiger partial charge in [0.1, 0.15) is 0 Å². The summed E-state index contributed by atoms with van der Waals surface area (Å²) in [7, 11) is 0. The zero-order valence-corrected chi connectivity index (χ0v) is 15.7. The average Bonchev–Trinajstić information content (AvgIpc) is 3.10. The van der Waals surface area contributed by atoms with E-state index in [9.17, 15) is 27.6 Å². The van der Waals surface area contributed by atoms with Gasteiger partial charge in [-0.1, -0.05) is 6.07 Å². The summed E-state index contributed by atoms with van der Waals surface area (Å²) in [5.74, 6) is -1.58. The van der Waals surface area contributed by atoms with Crippen molar-refractivity contribution in [1.82, 2.24) is 0 Å². The normalized spacial score (nSPS) is 14.3. The summed E-state index contributed by atoms with van der Waals surface area (Å²) in [6.07, 6.45) is -5.16. The summed E-state index contributed by atoms with van der Waals surface area (Å²) < 4.78 is 43.5. The molecule has 3 rings (SSSR count). The first-order valence-corrected chi connectivity index (χ1v) is 8.91. The van der Waals surface area contributed by atoms with Crippen LogP contribution in [0.3, 0.4) is 0 Å². The van der Waals surface area contributed by atoms with Gasteiger partial charge in [-0.25, -0.2) is 4.79 Å². The standard InChI is InChI=1S/C21H18F3NO4/c1-12(29-20(28)16-4-3-5-17(11-16)21(22,23)24)19(27)15-6-7-18-14(10-15)8-9-25(18)13(2)26/h3-7,10-12H,8-9H2,1-2H3. The molecule has 0 aromatic heterocycles. The molecule has 0 fully saturated rings. The summed E-state index contributed by atoms with van der Waals surface area (Å²) in [6, 6.07) is 8.68. The number of fused-ring (bicyclic) bond motifs is 1. The lowest BCUT2D eigenvalue weighted by atomic mass is 10.0. The lowest BCUT2D eigenvalue weighted by Gasteiger charge is -2.16. The summed E-state index contributed by atoms with van der Waals surface area (Å²) >= 11 is 0. The predicted octanol–water partition coefficient (Wildman–Crippen LogP) is 4.04. The minimum absolute atomic E-state index is 0.0915. The van der Waals surface area contributed by atoms with E-state index in [0.29, 0.717) is 24.6 Å². The number of amides is 1. The molecule has 1 amide bonds. The fourth-order valence-electron chi connectivity index (χ4n) is 3.22. The van der Waals surface area contributed by atoms with Crippen molar-refractivity contribution in [2.75, 3.05) is 11.4 Å². The number of halogens is 3. The molecule has 29 heavy (non-hydrogen) atoms. The van der Waals surface area contributed by atoms with Crippen LogP contribution in [0.15, 0.2) is 42.5 Å². The van der Waals surface area contributed by atoms with E-state index in [1.54, 1.807) is 17.0 Å². The van der Waals surface area contributed by atoms with Gasteiger partial charge in [0.05, 0.1) is 11.1 Å². The van der Waals surface area contributed by atoms with Crippen LogP contribution in [0.5, 0.6) is 0 Å². The highest BCUT2D eigenvalue weighted by Crippen LogP contribution is 2.31. The number of esters is 1. The van der Waals surface area contributed by atoms with Crippen molar-refractivity contribution in [3.05, 3.63) is 64.7 Å². The minimum Gasteiger partial charge on any atom is -0.451 e. The number of alkyl halides is 3. The zero-order valence-electron chi connectivity index (χ0n) is 15.7. The molecule has 0 spiro atoms. The van der Waals surface area contributed by atoms with Gasteiger partial charge >= 0.3 is 12.1 Å². The van der Waals surface area contributed by atoms with Crippen molar-refractivity contribution in [2.24, 2.45) is 0 Å². The largest absolute Gasteiger partial charge is 0.451 e. The Morgan fingerprint density at radius 1 is 1.07 bits per heavy atom. The molecule has 0 saturated heterocycles. The molecule has 2 aromatic rings. The number of carbonyl (C=O) groups excluding carboxylic acids is 3. The molecule has 0 bridgehead atoms. The van der Waals surface area contributed by atoms with E-state index in [0.717, 1.165) is 23.4 Å². The van der Waals surface area contributed by atoms with Crippen molar-refractivity contribution >= 4 is 23.3 Å². The Labute approximate surface area is 165 Å². The van der Waals surface area contributed by atoms with Crippen molar-refractivity contribution in [2.45, 2.75) is 32.5 Å². The fourth-order valence-corrected chi connectivity index (χ4v) is 3.22. The number of anilines is 1. The molecule has 0 saturated carbocycles. The molecule has 5 nitrogen and oxygen atoms in total. The van der Waals surface area contributed by atoms with Gasteiger partial charge in [0.2, 0.25) is 11.7 Å². The van der Waals surface area contributed by atoms with Crippen LogP contribution in [-0.4, -0.2) is 30.3 Å². The topological polar surface area (TPSA) is 63.7 Å². The van der Waals surface area contributed by atoms with Gasteiger partial charge in [-0.05, 0) is 55.3 Å². The molecule has 1 aliphatic rings. The number of Topliss-reactive ketones (excluding diaryl/α,β-unsaturated/α-hetero) is 1. The van der Waals surface area contributed by atoms with E-state index < -0.39 is 29.6 Å². The van der Waals surface area contributed by atoms with Gasteiger partial charge in [-0.15, -0.1) is 0 Å². The molecule has 0 aliphatic carbocycles. The number of ether oxygens (including phenoxy) is 1. The van der Waals surface area contributed by atoms with E-state index in [4.69, 9.17) is 4.74 Å². The van der Waals surface area contributed by atoms with Gasteiger partial charge in [0.15, 0.2) is 6.10 Å². The summed E-state index contributed by atoms with van der Waals surface area (Å²) in [5.41, 5.74) is 0.619. The van der Waals surface area contributed by atoms with Crippen molar-refractivity contribution in [1.29, 1.82) is 0 Å². The predicted molar refractivity (Wildman–Crippen MR) is 98.8 cm³/mol. The number of hydrogen-bond donors (Lipinski definition) is 0. The third kappa shape index (κ3) is 4.31. The number of carbonyl (C=O) groups is 3. The monoisotopic (exact) mass is 405 g/mol. The van der Waals surface area contributed by atoms with E-state index in [-0.39, 0.29) is 11.5 Å². The molecule has 1 heterocycles. The van der Waals surface area contributed by atoms with E-state index in [1.807, 2.05) is 0 Å². The molecule has 0 radical (unpaired) electrons. The Morgan fingerprint density at radius 2 is 1.79 bits per heavy atom. The van der Waals surface area contributed by atoms with Crippen molar-refractivity contribution < 1.29 is 32.3 Å². The molecular formula is C21H18F3NO4. The molecule has 1 aliphatic heterocycles. The zero-order chi connectivity index (χ0) is 21.3. The van der Waals surface area contributed by atoms with Crippen molar-refractivity contribution in [3.8, 4) is 0 Å². The molecule has 8 heteroatoms. The number of ketones is 1. The maximum absolute atomic E-state index is 12.8. The second-order valence-corrected chi connectivity index (χ2v) is 6.75. The third-order valence-electron chi connectivity index (χ3n) is 4.72. The molecule has 1 unspecified atom stereocenters. The number of benzene rings is 2. The van der Waals surface area contributed by atoms with Gasteiger partial charge in [-0.2, -0.15) is 13.2 Å². The summed E-state index contributed by atoms with van der Waals surface area (Å²) in [6.45, 7) is 3.36. The highest BCUT2D eigenvalue weighted by atomic mass is 19.4. The summed E-state index contributed by atoms with van der Waals surface area (Å²) in [4.78, 5) is 38.0. The molecule has 1 atom stereocenters. The van der Waals surface area contributed by atoms with Crippen LogP contribution in [0.2, 0.25) is 0 Å². The summed E-state index contributed by atoms with van der Waals surface area (Å²) in [5, 5.41) is 0. The minimum atomic E-state index is -4.59. The number of hydrogen-bond acceptors (Lipinski definition) is 4. The van der Waals surface area contributed by atoms with Gasteiger partial charge in [0, 0.05) is 24.7 Å². The molecular weight excluding hydrogens is 387 g/mol. The van der Waals surface area contributed by atoms with Crippen LogP contribution < -0.4 is 4.90 Å². The van der Waals surface area contributed by atoms with E-state index >= 15 is 0 Å². The Bertz CT molecular complexity index is 984. The lowest BCUT2D eigenvalue weighted by molar-refractivity contribution is -0.137. The highest BCUT2D eigenvalue weighted by molar-refractivity contribution is 6.02. The lowest BCUT2D eigenvalue weighted by Crippen LogP contribution is -2.26. The van der Waals surface area contributed by atoms with Crippen LogP contribution in [0.1, 0.15) is 45.7 Å². The second kappa shape index (κ2) is 7.69. The number of rotatable bonds is 4. The van der Waals surface area contributed by atoms with Gasteiger partial charge < -0.3 is 9.64 Å². The Hall–Kier alpha value is -3.16. The maximum atomic E-state index is 12.8. The Morgan fingerprint density at radius 3 is 2.45 bits per heavy atom. The van der Waals surface area contributed by atoms with Crippen molar-refractivity contribution in [3.63, 3.8) is 0 Å². The molecule has 152 valence electrons. The van der Waals surface area contributed by atoms with Crippen LogP contribution >= 0.6 is 0 Å². The first-order valence-electron chi connectivity index (χ1n) is 8.91. The van der Waals surface area contributed by atoms with Gasteiger partial charge in [0.25, 0.3) is 0 Å². The number of nitrogens with zero attached hydrogens (tertiary/aromatic N) is 1. The van der Waals surface area contributed by atoms with Crippen LogP contribution in [0, 0.1) is 0 Å². The van der Waals surface area contributed by atoms with Crippen LogP contribution in [0.25, 0.3) is 0 Å². The van der Waals surface area contributed by atoms with Crippen LogP contribution in [-0.2, 0) is 22.1 Å². The molecule has 2 aromatic carbocycles. The van der Waals surface area contributed by atoms with Crippen LogP contribution in [0.4, 0.5) is 18.9 Å². The van der Waals surface area contributed by atoms with E-state index in [1.165, 1.54) is 26.0 Å². The van der Waals surface area contributed by atoms with E-state index in [2.05, 4.69) is 0 Å². The van der Waals surface area contributed by atoms with Gasteiger partial charge in [-0.3, -0.25) is 9.59 Å². The quantitative estimate of drug-likeness (QED) is 0.569. The highest BCUT2D eigenvalue weighted by Gasteiger charge is 2.31. The first kappa shape index (κ1) is 20.6. The third-order valence-corrected chi connectivity index (χ3v) is 4.72. The smallest absolute Gasteiger partial charge is 0.416 e. The average molecular weight is 405 g/mol. The SMILES string of the molecule is CC(=O)N1CCc2cc(C(=O)C(C)OC(=O)c3cccc(C(F)(F)F)c3)ccc21. The maximum Gasteiger partial charge on any atom is 0.416 e. The Balaban J connectivity index is 1.73. The first-order chi connectivity index (χ1) is 13.6. The fraction of sp³-hybridized carbons (Fsp3) is 0.286. The Kier molecular flexibility index (Phi) is 5.46.